The van der Waals surface area contributed by atoms with Crippen molar-refractivity contribution in [3.05, 3.63) is 54.9 Å². The predicted molar refractivity (Wildman–Crippen MR) is 116 cm³/mol. The van der Waals surface area contributed by atoms with Crippen LogP contribution in [0.15, 0.2) is 23.0 Å². The number of hydrogen-bond donors (Lipinski definition) is 1. The average Bonchev–Trinajstić information content (AvgIpc) is 2.89. The van der Waals surface area contributed by atoms with Crippen LogP contribution in [0, 0.1) is 13.8 Å². The summed E-state index contributed by atoms with van der Waals surface area (Å²) in [6.45, 7) is 4.14. The molecule has 0 spiro atoms. The molecule has 1 aromatic carbocycles. The first kappa shape index (κ1) is 20.8. The summed E-state index contributed by atoms with van der Waals surface area (Å²) in [4.78, 5) is 34.1. The fourth-order valence-electron chi connectivity index (χ4n) is 2.87. The molecular formula is C19H20Cl2N4O2S. The Hall–Kier alpha value is -1.93. The number of aryl methyl sites for hydroxylation is 2. The van der Waals surface area contributed by atoms with Crippen LogP contribution in [0.2, 0.25) is 10.0 Å². The number of nitrogens with zero attached hydrogens (tertiary/aromatic N) is 3. The number of amides is 1. The lowest BCUT2D eigenvalue weighted by Crippen LogP contribution is -2.33. The van der Waals surface area contributed by atoms with Crippen molar-refractivity contribution in [3.63, 3.8) is 0 Å². The molecule has 0 aliphatic heterocycles. The number of benzene rings is 1. The van der Waals surface area contributed by atoms with E-state index in [9.17, 15) is 9.59 Å². The summed E-state index contributed by atoms with van der Waals surface area (Å²) in [6.07, 6.45) is 0. The minimum absolute atomic E-state index is 0.165. The van der Waals surface area contributed by atoms with Crippen molar-refractivity contribution in [2.45, 2.75) is 26.9 Å². The van der Waals surface area contributed by atoms with Gasteiger partial charge in [-0.25, -0.2) is 4.98 Å². The maximum atomic E-state index is 13.2. The highest BCUT2D eigenvalue weighted by molar-refractivity contribution is 7.18. The average molecular weight is 439 g/mol. The fraction of sp³-hybridized carbons (Fsp3) is 0.316. The number of rotatable bonds is 5. The molecule has 2 aromatic heterocycles. The summed E-state index contributed by atoms with van der Waals surface area (Å²) in [6, 6.07) is 4.99. The molecule has 0 aliphatic carbocycles. The molecule has 148 valence electrons. The van der Waals surface area contributed by atoms with Crippen LogP contribution < -0.4 is 10.9 Å². The Labute approximate surface area is 176 Å². The summed E-state index contributed by atoms with van der Waals surface area (Å²) in [5.74, 6) is 0.160. The normalized spacial score (nSPS) is 11.4. The first-order chi connectivity index (χ1) is 13.2. The van der Waals surface area contributed by atoms with Crippen LogP contribution in [0.3, 0.4) is 0 Å². The zero-order valence-electron chi connectivity index (χ0n) is 16.0. The second-order valence-corrected chi connectivity index (χ2v) is 8.76. The third kappa shape index (κ3) is 4.07. The molecule has 1 amide bonds. The van der Waals surface area contributed by atoms with Crippen molar-refractivity contribution >= 4 is 56.3 Å². The molecule has 1 N–H and O–H groups in total. The highest BCUT2D eigenvalue weighted by Crippen LogP contribution is 2.30. The smallest absolute Gasteiger partial charge is 0.263 e. The Bertz CT molecular complexity index is 1120. The third-order valence-electron chi connectivity index (χ3n) is 4.35. The number of carbonyl (C=O) groups is 1. The van der Waals surface area contributed by atoms with Crippen molar-refractivity contribution in [3.8, 4) is 0 Å². The lowest BCUT2D eigenvalue weighted by atomic mass is 10.2. The molecule has 0 fully saturated rings. The largest absolute Gasteiger partial charge is 0.323 e. The first-order valence-corrected chi connectivity index (χ1v) is 10.1. The highest BCUT2D eigenvalue weighted by Gasteiger charge is 2.19. The van der Waals surface area contributed by atoms with E-state index in [1.165, 1.54) is 15.9 Å². The van der Waals surface area contributed by atoms with Crippen LogP contribution in [0.25, 0.3) is 10.2 Å². The van der Waals surface area contributed by atoms with E-state index in [4.69, 9.17) is 23.2 Å². The van der Waals surface area contributed by atoms with E-state index in [0.29, 0.717) is 33.3 Å². The number of halogens is 2. The number of aromatic nitrogens is 2. The Balaban J connectivity index is 2.01. The molecule has 9 heteroatoms. The van der Waals surface area contributed by atoms with Crippen LogP contribution in [0.1, 0.15) is 16.3 Å². The number of anilines is 1. The monoisotopic (exact) mass is 438 g/mol. The van der Waals surface area contributed by atoms with Gasteiger partial charge in [-0.15, -0.1) is 11.3 Å². The molecule has 0 unspecified atom stereocenters. The number of hydrogen-bond acceptors (Lipinski definition) is 5. The van der Waals surface area contributed by atoms with Crippen LogP contribution in [-0.4, -0.2) is 34.5 Å². The van der Waals surface area contributed by atoms with Crippen molar-refractivity contribution in [2.75, 3.05) is 19.4 Å². The number of fused-ring (bicyclic) bond motifs is 1. The minimum atomic E-state index is -0.378. The van der Waals surface area contributed by atoms with Gasteiger partial charge < -0.3 is 10.2 Å². The van der Waals surface area contributed by atoms with Gasteiger partial charge in [0.1, 0.15) is 17.2 Å². The van der Waals surface area contributed by atoms with Gasteiger partial charge in [0.15, 0.2) is 0 Å². The van der Waals surface area contributed by atoms with Crippen molar-refractivity contribution in [2.24, 2.45) is 0 Å². The van der Waals surface area contributed by atoms with Gasteiger partial charge >= 0.3 is 0 Å². The van der Waals surface area contributed by atoms with E-state index in [1.54, 1.807) is 18.2 Å². The number of nitrogens with one attached hydrogen (secondary N) is 1. The summed E-state index contributed by atoms with van der Waals surface area (Å²) in [7, 11) is 3.77. The van der Waals surface area contributed by atoms with Crippen LogP contribution in [0.4, 0.5) is 5.69 Å². The zero-order chi connectivity index (χ0) is 20.6. The SMILES string of the molecule is Cc1sc2nc(CN(C)C)n(CC(=O)Nc3cccc(Cl)c3Cl)c(=O)c2c1C. The van der Waals surface area contributed by atoms with Gasteiger partial charge in [-0.3, -0.25) is 14.2 Å². The fourth-order valence-corrected chi connectivity index (χ4v) is 4.26. The van der Waals surface area contributed by atoms with Crippen LogP contribution >= 0.6 is 34.5 Å². The van der Waals surface area contributed by atoms with Gasteiger partial charge in [-0.05, 0) is 45.6 Å². The topological polar surface area (TPSA) is 67.2 Å². The van der Waals surface area contributed by atoms with Crippen LogP contribution in [0.5, 0.6) is 0 Å². The molecule has 0 bridgehead atoms. The zero-order valence-corrected chi connectivity index (χ0v) is 18.3. The highest BCUT2D eigenvalue weighted by atomic mass is 35.5. The molecule has 0 aliphatic rings. The Morgan fingerprint density at radius 1 is 1.29 bits per heavy atom. The maximum Gasteiger partial charge on any atom is 0.263 e. The molecule has 3 rings (SSSR count). The van der Waals surface area contributed by atoms with Gasteiger partial charge in [-0.2, -0.15) is 0 Å². The molecule has 6 nitrogen and oxygen atoms in total. The molecular weight excluding hydrogens is 419 g/mol. The summed E-state index contributed by atoms with van der Waals surface area (Å²) in [5.41, 5.74) is 1.09. The van der Waals surface area contributed by atoms with Crippen molar-refractivity contribution < 1.29 is 4.79 Å². The maximum absolute atomic E-state index is 13.2. The predicted octanol–water partition coefficient (Wildman–Crippen LogP) is 4.08. The van der Waals surface area contributed by atoms with E-state index in [-0.39, 0.29) is 23.0 Å². The second-order valence-electron chi connectivity index (χ2n) is 6.77. The van der Waals surface area contributed by atoms with E-state index < -0.39 is 0 Å². The Morgan fingerprint density at radius 2 is 2.00 bits per heavy atom. The molecule has 3 aromatic rings. The standard InChI is InChI=1S/C19H20Cl2N4O2S/c1-10-11(2)28-18-16(10)19(27)25(14(23-18)8-24(3)4)9-15(26)22-13-7-5-6-12(20)17(13)21/h5-7H,8-9H2,1-4H3,(H,22,26). The van der Waals surface area contributed by atoms with E-state index >= 15 is 0 Å². The van der Waals surface area contributed by atoms with Gasteiger partial charge in [0.05, 0.1) is 27.7 Å². The second kappa shape index (κ2) is 8.21. The Kier molecular flexibility index (Phi) is 6.09. The molecule has 28 heavy (non-hydrogen) atoms. The third-order valence-corrected chi connectivity index (χ3v) is 6.27. The van der Waals surface area contributed by atoms with Gasteiger partial charge in [0, 0.05) is 4.88 Å². The quantitative estimate of drug-likeness (QED) is 0.651. The van der Waals surface area contributed by atoms with Gasteiger partial charge in [0.25, 0.3) is 5.56 Å². The lowest BCUT2D eigenvalue weighted by molar-refractivity contribution is -0.116. The molecule has 2 heterocycles. The van der Waals surface area contributed by atoms with Gasteiger partial charge in [-0.1, -0.05) is 29.3 Å². The molecule has 0 radical (unpaired) electrons. The lowest BCUT2D eigenvalue weighted by Gasteiger charge is -2.16. The number of carbonyl (C=O) groups excluding carboxylic acids is 1. The number of thiophene rings is 1. The molecule has 0 atom stereocenters. The minimum Gasteiger partial charge on any atom is -0.323 e. The van der Waals surface area contributed by atoms with Crippen LogP contribution in [-0.2, 0) is 17.9 Å². The van der Waals surface area contributed by atoms with Crippen molar-refractivity contribution in [1.29, 1.82) is 0 Å². The van der Waals surface area contributed by atoms with Crippen molar-refractivity contribution in [1.82, 2.24) is 14.5 Å². The van der Waals surface area contributed by atoms with Gasteiger partial charge in [0.2, 0.25) is 5.91 Å². The van der Waals surface area contributed by atoms with E-state index in [0.717, 1.165) is 10.4 Å². The molecule has 0 saturated carbocycles. The summed E-state index contributed by atoms with van der Waals surface area (Å²) < 4.78 is 1.43. The van der Waals surface area contributed by atoms with E-state index in [1.807, 2.05) is 32.8 Å². The molecule has 0 saturated heterocycles. The summed E-state index contributed by atoms with van der Waals surface area (Å²) >= 11 is 13.6. The summed E-state index contributed by atoms with van der Waals surface area (Å²) in [5, 5.41) is 3.89. The Morgan fingerprint density at radius 3 is 2.68 bits per heavy atom. The van der Waals surface area contributed by atoms with E-state index in [2.05, 4.69) is 10.3 Å². The first-order valence-electron chi connectivity index (χ1n) is 8.57.